The first-order valence-corrected chi connectivity index (χ1v) is 6.03. The molecule has 0 saturated carbocycles. The average Bonchev–Trinajstić information content (AvgIpc) is 2.30. The van der Waals surface area contributed by atoms with Crippen molar-refractivity contribution in [1.82, 2.24) is 4.90 Å². The molecule has 0 aliphatic rings. The van der Waals surface area contributed by atoms with Crippen LogP contribution in [-0.2, 0) is 4.79 Å². The van der Waals surface area contributed by atoms with E-state index in [1.165, 1.54) is 12.1 Å². The molecule has 1 atom stereocenters. The van der Waals surface area contributed by atoms with Crippen LogP contribution in [0.3, 0.4) is 0 Å². The molecule has 1 amide bonds. The molecule has 1 aromatic rings. The molecule has 1 aromatic carbocycles. The maximum Gasteiger partial charge on any atom is 0.225 e. The number of carbonyl (C=O) groups excluding carboxylic acids is 1. The Morgan fingerprint density at radius 3 is 2.18 bits per heavy atom. The molecule has 0 aliphatic carbocycles. The maximum atomic E-state index is 12.8. The van der Waals surface area contributed by atoms with Crippen molar-refractivity contribution >= 4 is 5.91 Å². The second kappa shape index (κ2) is 5.80. The molecule has 0 aliphatic heterocycles. The summed E-state index contributed by atoms with van der Waals surface area (Å²) in [7, 11) is 0. The van der Waals surface area contributed by atoms with Crippen molar-refractivity contribution in [2.45, 2.75) is 33.7 Å². The molecule has 0 heterocycles. The van der Waals surface area contributed by atoms with E-state index in [4.69, 9.17) is 0 Å². The summed E-state index contributed by atoms with van der Waals surface area (Å²) in [6.07, 6.45) is 0. The highest BCUT2D eigenvalue weighted by atomic mass is 19.1. The fraction of sp³-hybridized carbons (Fsp3) is 0.500. The van der Waals surface area contributed by atoms with Gasteiger partial charge in [-0.1, -0.05) is 26.0 Å². The van der Waals surface area contributed by atoms with E-state index in [1.54, 1.807) is 12.1 Å². The number of benzene rings is 1. The second-order valence-corrected chi connectivity index (χ2v) is 4.51. The molecule has 0 radical (unpaired) electrons. The van der Waals surface area contributed by atoms with Crippen LogP contribution < -0.4 is 0 Å². The van der Waals surface area contributed by atoms with E-state index in [0.29, 0.717) is 6.54 Å². The number of carbonyl (C=O) groups is 1. The third-order valence-electron chi connectivity index (χ3n) is 2.94. The van der Waals surface area contributed by atoms with Gasteiger partial charge in [-0.15, -0.1) is 0 Å². The molecule has 1 rings (SSSR count). The van der Waals surface area contributed by atoms with Gasteiger partial charge in [-0.05, 0) is 31.5 Å². The van der Waals surface area contributed by atoms with Crippen molar-refractivity contribution in [3.8, 4) is 0 Å². The predicted molar refractivity (Wildman–Crippen MR) is 67.0 cm³/mol. The lowest BCUT2D eigenvalue weighted by Crippen LogP contribution is -2.36. The molecule has 1 unspecified atom stereocenters. The Balaban J connectivity index is 2.89. The van der Waals surface area contributed by atoms with Crippen molar-refractivity contribution in [1.29, 1.82) is 0 Å². The molecule has 0 fully saturated rings. The lowest BCUT2D eigenvalue weighted by molar-refractivity contribution is -0.136. The van der Waals surface area contributed by atoms with Gasteiger partial charge >= 0.3 is 0 Å². The molecule has 0 spiro atoms. The third-order valence-corrected chi connectivity index (χ3v) is 2.94. The van der Waals surface area contributed by atoms with Gasteiger partial charge in [-0.3, -0.25) is 4.79 Å². The van der Waals surface area contributed by atoms with Crippen LogP contribution in [-0.4, -0.2) is 17.4 Å². The standard InChI is InChI=1S/C14H20FNO/c1-5-16(14(17)10(2)3)11(4)12-6-8-13(15)9-7-12/h6-11H,5H2,1-4H3. The van der Waals surface area contributed by atoms with Gasteiger partial charge in [0.15, 0.2) is 0 Å². The van der Waals surface area contributed by atoms with E-state index in [2.05, 4.69) is 0 Å². The van der Waals surface area contributed by atoms with Gasteiger partial charge in [0.1, 0.15) is 5.82 Å². The Morgan fingerprint density at radius 1 is 1.24 bits per heavy atom. The smallest absolute Gasteiger partial charge is 0.225 e. The monoisotopic (exact) mass is 237 g/mol. The number of hydrogen-bond donors (Lipinski definition) is 0. The van der Waals surface area contributed by atoms with Gasteiger partial charge in [0.05, 0.1) is 6.04 Å². The van der Waals surface area contributed by atoms with Crippen LogP contribution in [0.4, 0.5) is 4.39 Å². The van der Waals surface area contributed by atoms with Crippen molar-refractivity contribution in [3.05, 3.63) is 35.6 Å². The van der Waals surface area contributed by atoms with Gasteiger partial charge < -0.3 is 4.90 Å². The molecule has 3 heteroatoms. The molecular weight excluding hydrogens is 217 g/mol. The van der Waals surface area contributed by atoms with E-state index >= 15 is 0 Å². The minimum atomic E-state index is -0.251. The minimum absolute atomic E-state index is 0.0159. The molecule has 94 valence electrons. The molecule has 0 aromatic heterocycles. The van der Waals surface area contributed by atoms with Crippen LogP contribution in [0.25, 0.3) is 0 Å². The third kappa shape index (κ3) is 3.29. The van der Waals surface area contributed by atoms with Crippen LogP contribution >= 0.6 is 0 Å². The summed E-state index contributed by atoms with van der Waals surface area (Å²) in [5.41, 5.74) is 0.960. The quantitative estimate of drug-likeness (QED) is 0.786. The first kappa shape index (κ1) is 13.7. The number of rotatable bonds is 4. The van der Waals surface area contributed by atoms with Gasteiger partial charge in [-0.25, -0.2) is 4.39 Å². The van der Waals surface area contributed by atoms with E-state index in [0.717, 1.165) is 5.56 Å². The normalized spacial score (nSPS) is 12.6. The fourth-order valence-corrected chi connectivity index (χ4v) is 1.87. The molecule has 0 N–H and O–H groups in total. The Kier molecular flexibility index (Phi) is 4.67. The van der Waals surface area contributed by atoms with Crippen LogP contribution in [0.15, 0.2) is 24.3 Å². The summed E-state index contributed by atoms with van der Waals surface area (Å²) in [6, 6.07) is 6.31. The molecule has 17 heavy (non-hydrogen) atoms. The van der Waals surface area contributed by atoms with E-state index < -0.39 is 0 Å². The largest absolute Gasteiger partial charge is 0.336 e. The zero-order valence-electron chi connectivity index (χ0n) is 10.9. The Morgan fingerprint density at radius 2 is 1.76 bits per heavy atom. The van der Waals surface area contributed by atoms with Gasteiger partial charge in [-0.2, -0.15) is 0 Å². The van der Waals surface area contributed by atoms with Gasteiger partial charge in [0.25, 0.3) is 0 Å². The lowest BCUT2D eigenvalue weighted by atomic mass is 10.0. The zero-order chi connectivity index (χ0) is 13.0. The van der Waals surface area contributed by atoms with Crippen LogP contribution in [0.2, 0.25) is 0 Å². The minimum Gasteiger partial charge on any atom is -0.336 e. The van der Waals surface area contributed by atoms with Gasteiger partial charge in [0, 0.05) is 12.5 Å². The molecule has 0 bridgehead atoms. The van der Waals surface area contributed by atoms with Crippen LogP contribution in [0, 0.1) is 11.7 Å². The first-order chi connectivity index (χ1) is 7.97. The average molecular weight is 237 g/mol. The van der Waals surface area contributed by atoms with Crippen LogP contribution in [0.1, 0.15) is 39.3 Å². The van der Waals surface area contributed by atoms with Crippen molar-refractivity contribution in [2.75, 3.05) is 6.54 Å². The molecule has 0 saturated heterocycles. The topological polar surface area (TPSA) is 20.3 Å². The fourth-order valence-electron chi connectivity index (χ4n) is 1.87. The van der Waals surface area contributed by atoms with E-state index in [1.807, 2.05) is 32.6 Å². The van der Waals surface area contributed by atoms with Gasteiger partial charge in [0.2, 0.25) is 5.91 Å². The summed E-state index contributed by atoms with van der Waals surface area (Å²) >= 11 is 0. The number of nitrogens with zero attached hydrogens (tertiary/aromatic N) is 1. The van der Waals surface area contributed by atoms with Crippen LogP contribution in [0.5, 0.6) is 0 Å². The summed E-state index contributed by atoms with van der Waals surface area (Å²) in [6.45, 7) is 8.37. The highest BCUT2D eigenvalue weighted by Gasteiger charge is 2.21. The first-order valence-electron chi connectivity index (χ1n) is 6.03. The SMILES string of the molecule is CCN(C(=O)C(C)C)C(C)c1ccc(F)cc1. The van der Waals surface area contributed by atoms with E-state index in [9.17, 15) is 9.18 Å². The summed E-state index contributed by atoms with van der Waals surface area (Å²) in [5, 5.41) is 0. The van der Waals surface area contributed by atoms with Crippen molar-refractivity contribution < 1.29 is 9.18 Å². The van der Waals surface area contributed by atoms with Crippen molar-refractivity contribution in [2.24, 2.45) is 5.92 Å². The Labute approximate surface area is 102 Å². The number of hydrogen-bond acceptors (Lipinski definition) is 1. The van der Waals surface area contributed by atoms with E-state index in [-0.39, 0.29) is 23.7 Å². The summed E-state index contributed by atoms with van der Waals surface area (Å²) < 4.78 is 12.8. The molecule has 2 nitrogen and oxygen atoms in total. The zero-order valence-corrected chi connectivity index (χ0v) is 10.9. The summed E-state index contributed by atoms with van der Waals surface area (Å²) in [5.74, 6) is -0.138. The highest BCUT2D eigenvalue weighted by Crippen LogP contribution is 2.22. The lowest BCUT2D eigenvalue weighted by Gasteiger charge is -2.30. The number of amides is 1. The van der Waals surface area contributed by atoms with Crippen molar-refractivity contribution in [3.63, 3.8) is 0 Å². The Bertz CT molecular complexity index is 372. The predicted octanol–water partition coefficient (Wildman–Crippen LogP) is 3.39. The number of halogens is 1. The molecular formula is C14H20FNO. The highest BCUT2D eigenvalue weighted by molar-refractivity contribution is 5.78. The second-order valence-electron chi connectivity index (χ2n) is 4.51. The Hall–Kier alpha value is -1.38. The maximum absolute atomic E-state index is 12.8. The summed E-state index contributed by atoms with van der Waals surface area (Å²) in [4.78, 5) is 13.8.